The number of hydrogen-bond donors (Lipinski definition) is 1. The van der Waals surface area contributed by atoms with Crippen LogP contribution in [0, 0.1) is 20.8 Å². The van der Waals surface area contributed by atoms with Crippen LogP contribution in [0.4, 0.5) is 5.13 Å². The number of carbonyl (C=O) groups excluding carboxylic acids is 1. The van der Waals surface area contributed by atoms with E-state index in [4.69, 9.17) is 4.74 Å². The van der Waals surface area contributed by atoms with E-state index in [0.29, 0.717) is 16.6 Å². The van der Waals surface area contributed by atoms with Crippen LogP contribution in [0.15, 0.2) is 47.8 Å². The molecule has 4 nitrogen and oxygen atoms in total. The maximum atomic E-state index is 12.6. The third-order valence-electron chi connectivity index (χ3n) is 4.44. The molecule has 0 aliphatic carbocycles. The van der Waals surface area contributed by atoms with Crippen LogP contribution in [0.5, 0.6) is 5.75 Å². The molecule has 0 spiro atoms. The van der Waals surface area contributed by atoms with Gasteiger partial charge in [-0.25, -0.2) is 4.98 Å². The molecule has 0 saturated heterocycles. The van der Waals surface area contributed by atoms with Crippen molar-refractivity contribution < 1.29 is 9.53 Å². The van der Waals surface area contributed by atoms with E-state index in [1.807, 2.05) is 55.6 Å². The number of hydrogen-bond acceptors (Lipinski definition) is 5. The van der Waals surface area contributed by atoms with Gasteiger partial charge in [0.25, 0.3) is 5.91 Å². The highest BCUT2D eigenvalue weighted by molar-refractivity contribution is 7.22. The highest BCUT2D eigenvalue weighted by Crippen LogP contribution is 2.29. The normalized spacial score (nSPS) is 11.0. The molecule has 0 atom stereocenters. The Labute approximate surface area is 171 Å². The lowest BCUT2D eigenvalue weighted by Gasteiger charge is -2.08. The second-order valence-corrected chi connectivity index (χ2v) is 8.71. The summed E-state index contributed by atoms with van der Waals surface area (Å²) < 4.78 is 6.98. The van der Waals surface area contributed by atoms with Gasteiger partial charge in [0.05, 0.1) is 15.1 Å². The fraction of sp³-hybridized carbons (Fsp3) is 0.182. The number of amides is 1. The Hall–Kier alpha value is -2.70. The number of thiazole rings is 1. The molecular formula is C22H20N2O2S2. The average molecular weight is 409 g/mol. The van der Waals surface area contributed by atoms with Gasteiger partial charge in [0.1, 0.15) is 12.4 Å². The van der Waals surface area contributed by atoms with Crippen molar-refractivity contribution in [2.45, 2.75) is 27.4 Å². The van der Waals surface area contributed by atoms with Gasteiger partial charge in [-0.05, 0) is 55.5 Å². The molecule has 0 aliphatic rings. The van der Waals surface area contributed by atoms with Crippen LogP contribution in [0.2, 0.25) is 0 Å². The monoisotopic (exact) mass is 408 g/mol. The zero-order valence-corrected chi connectivity index (χ0v) is 17.5. The van der Waals surface area contributed by atoms with Crippen LogP contribution >= 0.6 is 22.7 Å². The third-order valence-corrected chi connectivity index (χ3v) is 6.36. The Bertz CT molecular complexity index is 1160. The van der Waals surface area contributed by atoms with Gasteiger partial charge >= 0.3 is 0 Å². The van der Waals surface area contributed by atoms with Crippen LogP contribution in [-0.4, -0.2) is 10.9 Å². The summed E-state index contributed by atoms with van der Waals surface area (Å²) in [6, 6.07) is 14.0. The van der Waals surface area contributed by atoms with E-state index in [1.165, 1.54) is 28.2 Å². The van der Waals surface area contributed by atoms with Gasteiger partial charge in [-0.15, -0.1) is 11.3 Å². The van der Waals surface area contributed by atoms with Crippen molar-refractivity contribution in [1.29, 1.82) is 0 Å². The topological polar surface area (TPSA) is 51.2 Å². The molecule has 0 unspecified atom stereocenters. The van der Waals surface area contributed by atoms with Crippen molar-refractivity contribution in [3.63, 3.8) is 0 Å². The van der Waals surface area contributed by atoms with Gasteiger partial charge < -0.3 is 4.74 Å². The Balaban J connectivity index is 1.42. The first kappa shape index (κ1) is 18.7. The average Bonchev–Trinajstić information content (AvgIpc) is 3.28. The molecule has 2 heterocycles. The summed E-state index contributed by atoms with van der Waals surface area (Å²) in [4.78, 5) is 17.8. The minimum atomic E-state index is -0.139. The van der Waals surface area contributed by atoms with Crippen LogP contribution in [0.3, 0.4) is 0 Å². The lowest BCUT2D eigenvalue weighted by molar-refractivity contribution is 0.103. The number of benzene rings is 2. The second-order valence-electron chi connectivity index (χ2n) is 6.77. The minimum absolute atomic E-state index is 0.139. The molecule has 4 rings (SSSR count). The zero-order chi connectivity index (χ0) is 19.7. The van der Waals surface area contributed by atoms with Crippen molar-refractivity contribution >= 4 is 43.9 Å². The summed E-state index contributed by atoms with van der Waals surface area (Å²) >= 11 is 2.90. The number of ether oxygens (including phenoxy) is 1. The summed E-state index contributed by atoms with van der Waals surface area (Å²) in [7, 11) is 0. The summed E-state index contributed by atoms with van der Waals surface area (Å²) in [5, 5.41) is 5.50. The SMILES string of the molecule is Cc1ccc(OCc2csc(C(=O)Nc3nc4c(C)cccc4s3)c2)c(C)c1. The number of nitrogens with zero attached hydrogens (tertiary/aromatic N) is 1. The number of carbonyl (C=O) groups is 1. The van der Waals surface area contributed by atoms with E-state index in [2.05, 4.69) is 23.3 Å². The number of anilines is 1. The Morgan fingerprint density at radius 2 is 1.96 bits per heavy atom. The molecule has 0 radical (unpaired) electrons. The molecule has 2 aromatic heterocycles. The molecule has 0 aliphatic heterocycles. The molecule has 0 bridgehead atoms. The molecule has 28 heavy (non-hydrogen) atoms. The molecule has 2 aromatic carbocycles. The van der Waals surface area contributed by atoms with Crippen LogP contribution in [0.1, 0.15) is 31.9 Å². The molecule has 1 amide bonds. The highest BCUT2D eigenvalue weighted by Gasteiger charge is 2.13. The first-order valence-corrected chi connectivity index (χ1v) is 10.6. The number of fused-ring (bicyclic) bond motifs is 1. The second kappa shape index (κ2) is 7.73. The van der Waals surface area contributed by atoms with Crippen molar-refractivity contribution in [3.8, 4) is 5.75 Å². The van der Waals surface area contributed by atoms with E-state index >= 15 is 0 Å². The van der Waals surface area contributed by atoms with Crippen molar-refractivity contribution in [2.75, 3.05) is 5.32 Å². The fourth-order valence-electron chi connectivity index (χ4n) is 2.99. The Morgan fingerprint density at radius 1 is 1.11 bits per heavy atom. The molecule has 0 saturated carbocycles. The number of para-hydroxylation sites is 1. The lowest BCUT2D eigenvalue weighted by atomic mass is 10.1. The van der Waals surface area contributed by atoms with Gasteiger partial charge in [-0.3, -0.25) is 10.1 Å². The van der Waals surface area contributed by atoms with Crippen molar-refractivity contribution in [1.82, 2.24) is 4.98 Å². The van der Waals surface area contributed by atoms with Crippen LogP contribution in [0.25, 0.3) is 10.2 Å². The molecule has 4 aromatic rings. The maximum Gasteiger partial charge on any atom is 0.267 e. The number of rotatable bonds is 5. The van der Waals surface area contributed by atoms with E-state index in [9.17, 15) is 4.79 Å². The lowest BCUT2D eigenvalue weighted by Crippen LogP contribution is -2.09. The minimum Gasteiger partial charge on any atom is -0.489 e. The van der Waals surface area contributed by atoms with E-state index in [1.54, 1.807) is 0 Å². The van der Waals surface area contributed by atoms with Gasteiger partial charge in [-0.1, -0.05) is 41.2 Å². The zero-order valence-electron chi connectivity index (χ0n) is 15.9. The van der Waals surface area contributed by atoms with Gasteiger partial charge in [0.15, 0.2) is 5.13 Å². The molecule has 6 heteroatoms. The summed E-state index contributed by atoms with van der Waals surface area (Å²) in [5.74, 6) is 0.729. The summed E-state index contributed by atoms with van der Waals surface area (Å²) in [6.45, 7) is 6.56. The quantitative estimate of drug-likeness (QED) is 0.433. The Morgan fingerprint density at radius 3 is 2.75 bits per heavy atom. The molecule has 1 N–H and O–H groups in total. The predicted octanol–water partition coefficient (Wildman–Crippen LogP) is 6.11. The van der Waals surface area contributed by atoms with Crippen LogP contribution < -0.4 is 10.1 Å². The van der Waals surface area contributed by atoms with E-state index in [0.717, 1.165) is 32.7 Å². The first-order chi connectivity index (χ1) is 13.5. The van der Waals surface area contributed by atoms with Gasteiger partial charge in [0, 0.05) is 5.56 Å². The number of thiophene rings is 1. The largest absolute Gasteiger partial charge is 0.489 e. The van der Waals surface area contributed by atoms with Gasteiger partial charge in [0.2, 0.25) is 0 Å². The van der Waals surface area contributed by atoms with Crippen LogP contribution in [-0.2, 0) is 6.61 Å². The highest BCUT2D eigenvalue weighted by atomic mass is 32.1. The van der Waals surface area contributed by atoms with Crippen molar-refractivity contribution in [2.24, 2.45) is 0 Å². The third kappa shape index (κ3) is 3.93. The summed E-state index contributed by atoms with van der Waals surface area (Å²) in [5.41, 5.74) is 5.35. The fourth-order valence-corrected chi connectivity index (χ4v) is 4.72. The smallest absolute Gasteiger partial charge is 0.267 e. The van der Waals surface area contributed by atoms with Gasteiger partial charge in [-0.2, -0.15) is 0 Å². The number of aryl methyl sites for hydroxylation is 3. The molecule has 142 valence electrons. The molecule has 0 fully saturated rings. The number of nitrogens with one attached hydrogen (secondary N) is 1. The van der Waals surface area contributed by atoms with E-state index < -0.39 is 0 Å². The number of aromatic nitrogens is 1. The predicted molar refractivity (Wildman–Crippen MR) is 117 cm³/mol. The van der Waals surface area contributed by atoms with Crippen molar-refractivity contribution in [3.05, 3.63) is 75.0 Å². The first-order valence-electron chi connectivity index (χ1n) is 8.94. The summed E-state index contributed by atoms with van der Waals surface area (Å²) in [6.07, 6.45) is 0. The Kier molecular flexibility index (Phi) is 5.15. The molecular weight excluding hydrogens is 388 g/mol. The maximum absolute atomic E-state index is 12.6. The van der Waals surface area contributed by atoms with E-state index in [-0.39, 0.29) is 5.91 Å². The standard InChI is InChI=1S/C22H20N2O2S2/c1-13-7-8-17(15(3)9-13)26-11-16-10-19(27-12-16)21(25)24-22-23-20-14(2)5-4-6-18(20)28-22/h4-10,12H,11H2,1-3H3,(H,23,24,25).